The van der Waals surface area contributed by atoms with Crippen molar-refractivity contribution in [2.24, 2.45) is 5.92 Å². The Labute approximate surface area is 202 Å². The lowest BCUT2D eigenvalue weighted by molar-refractivity contribution is -0.149. The van der Waals surface area contributed by atoms with E-state index in [1.165, 1.54) is 7.11 Å². The van der Waals surface area contributed by atoms with Gasteiger partial charge in [0.15, 0.2) is 6.61 Å². The number of esters is 2. The molecular weight excluding hydrogens is 448 g/mol. The molecule has 0 N–H and O–H groups in total. The molecule has 0 spiro atoms. The van der Waals surface area contributed by atoms with E-state index in [9.17, 15) is 14.4 Å². The summed E-state index contributed by atoms with van der Waals surface area (Å²) in [5, 5.41) is 0.710. The van der Waals surface area contributed by atoms with Gasteiger partial charge in [-0.2, -0.15) is 0 Å². The molecule has 2 aliphatic rings. The zero-order valence-corrected chi connectivity index (χ0v) is 19.5. The van der Waals surface area contributed by atoms with Crippen molar-refractivity contribution in [1.82, 2.24) is 9.88 Å². The summed E-state index contributed by atoms with van der Waals surface area (Å²) in [6.45, 7) is 0.525. The maximum atomic E-state index is 13.3. The Bertz CT molecular complexity index is 1300. The minimum absolute atomic E-state index is 0.194. The molecule has 1 amide bonds. The van der Waals surface area contributed by atoms with Gasteiger partial charge in [0.2, 0.25) is 0 Å². The number of carbonyl (C=O) groups excluding carboxylic acids is 3. The SMILES string of the molecule is COC(=O)C1CCN(C(=O)COC(=O)c2c3c(nc4ccccc24)/C(=C/c2ccco2)CC3)CC1. The number of hydrogen-bond donors (Lipinski definition) is 0. The fourth-order valence-electron chi connectivity index (χ4n) is 4.88. The highest BCUT2D eigenvalue weighted by Gasteiger charge is 2.30. The number of nitrogens with zero attached hydrogens (tertiary/aromatic N) is 2. The molecule has 5 rings (SSSR count). The van der Waals surface area contributed by atoms with Crippen LogP contribution in [0.4, 0.5) is 0 Å². The Morgan fingerprint density at radius 2 is 1.91 bits per heavy atom. The summed E-state index contributed by atoms with van der Waals surface area (Å²) in [4.78, 5) is 44.2. The number of ether oxygens (including phenoxy) is 2. The van der Waals surface area contributed by atoms with Crippen molar-refractivity contribution >= 4 is 40.4 Å². The fourth-order valence-corrected chi connectivity index (χ4v) is 4.88. The Hall–Kier alpha value is -3.94. The molecule has 1 aliphatic carbocycles. The number of benzene rings is 1. The van der Waals surface area contributed by atoms with Gasteiger partial charge in [0.05, 0.1) is 36.1 Å². The van der Waals surface area contributed by atoms with Gasteiger partial charge in [-0.15, -0.1) is 0 Å². The molecule has 0 saturated carbocycles. The van der Waals surface area contributed by atoms with Crippen LogP contribution in [-0.4, -0.2) is 54.5 Å². The zero-order chi connectivity index (χ0) is 24.4. The number of hydrogen-bond acceptors (Lipinski definition) is 7. The number of para-hydroxylation sites is 1. The van der Waals surface area contributed by atoms with Gasteiger partial charge >= 0.3 is 11.9 Å². The van der Waals surface area contributed by atoms with E-state index < -0.39 is 5.97 Å². The van der Waals surface area contributed by atoms with Crippen LogP contribution in [-0.2, 0) is 25.5 Å². The minimum Gasteiger partial charge on any atom is -0.469 e. The van der Waals surface area contributed by atoms with Crippen molar-refractivity contribution in [3.63, 3.8) is 0 Å². The number of furan rings is 1. The van der Waals surface area contributed by atoms with Crippen LogP contribution >= 0.6 is 0 Å². The molecule has 35 heavy (non-hydrogen) atoms. The number of carbonyl (C=O) groups is 3. The van der Waals surface area contributed by atoms with Crippen LogP contribution in [0, 0.1) is 5.92 Å². The van der Waals surface area contributed by atoms with E-state index in [2.05, 4.69) is 0 Å². The van der Waals surface area contributed by atoms with Gasteiger partial charge < -0.3 is 18.8 Å². The topological polar surface area (TPSA) is 98.9 Å². The summed E-state index contributed by atoms with van der Waals surface area (Å²) in [6.07, 6.45) is 6.03. The molecule has 0 bridgehead atoms. The number of allylic oxidation sites excluding steroid dienone is 1. The normalized spacial score (nSPS) is 16.9. The first-order valence-electron chi connectivity index (χ1n) is 11.7. The van der Waals surface area contributed by atoms with E-state index in [0.29, 0.717) is 48.8 Å². The molecule has 0 unspecified atom stereocenters. The Morgan fingerprint density at radius 3 is 2.66 bits per heavy atom. The van der Waals surface area contributed by atoms with Crippen molar-refractivity contribution in [1.29, 1.82) is 0 Å². The van der Waals surface area contributed by atoms with Gasteiger partial charge in [0.25, 0.3) is 5.91 Å². The first kappa shape index (κ1) is 22.8. The number of piperidine rings is 1. The second kappa shape index (κ2) is 9.74. The van der Waals surface area contributed by atoms with Crippen LogP contribution in [0.15, 0.2) is 47.1 Å². The summed E-state index contributed by atoms with van der Waals surface area (Å²) < 4.78 is 15.8. The lowest BCUT2D eigenvalue weighted by Crippen LogP contribution is -2.42. The molecule has 1 fully saturated rings. The minimum atomic E-state index is -0.531. The molecule has 1 aliphatic heterocycles. The maximum Gasteiger partial charge on any atom is 0.339 e. The molecule has 3 heterocycles. The van der Waals surface area contributed by atoms with E-state index in [4.69, 9.17) is 18.9 Å². The van der Waals surface area contributed by atoms with Gasteiger partial charge in [-0.05, 0) is 61.1 Å². The highest BCUT2D eigenvalue weighted by molar-refractivity contribution is 6.07. The molecule has 180 valence electrons. The van der Waals surface area contributed by atoms with Crippen molar-refractivity contribution in [3.05, 3.63) is 65.2 Å². The molecule has 8 heteroatoms. The molecular formula is C27H26N2O6. The molecule has 0 radical (unpaired) electrons. The van der Waals surface area contributed by atoms with Crippen molar-refractivity contribution in [2.45, 2.75) is 25.7 Å². The Balaban J connectivity index is 1.35. The predicted octanol–water partition coefficient (Wildman–Crippen LogP) is 3.88. The number of aromatic nitrogens is 1. The van der Waals surface area contributed by atoms with Crippen LogP contribution in [0.25, 0.3) is 22.6 Å². The summed E-state index contributed by atoms with van der Waals surface area (Å²) in [7, 11) is 1.37. The third kappa shape index (κ3) is 4.56. The molecule has 8 nitrogen and oxygen atoms in total. The van der Waals surface area contributed by atoms with Gasteiger partial charge in [-0.3, -0.25) is 9.59 Å². The summed E-state index contributed by atoms with van der Waals surface area (Å²) in [6, 6.07) is 11.2. The Kier molecular flexibility index (Phi) is 6.35. The van der Waals surface area contributed by atoms with E-state index in [1.54, 1.807) is 11.2 Å². The predicted molar refractivity (Wildman–Crippen MR) is 128 cm³/mol. The van der Waals surface area contributed by atoms with E-state index in [0.717, 1.165) is 29.0 Å². The van der Waals surface area contributed by atoms with Crippen molar-refractivity contribution in [3.8, 4) is 0 Å². The highest BCUT2D eigenvalue weighted by Crippen LogP contribution is 2.37. The third-order valence-electron chi connectivity index (χ3n) is 6.71. The van der Waals surface area contributed by atoms with Gasteiger partial charge in [0.1, 0.15) is 5.76 Å². The Morgan fingerprint density at radius 1 is 1.11 bits per heavy atom. The van der Waals surface area contributed by atoms with Gasteiger partial charge in [-0.1, -0.05) is 18.2 Å². The smallest absolute Gasteiger partial charge is 0.339 e. The summed E-state index contributed by atoms with van der Waals surface area (Å²) >= 11 is 0. The van der Waals surface area contributed by atoms with Crippen LogP contribution in [0.1, 0.15) is 46.6 Å². The van der Waals surface area contributed by atoms with E-state index >= 15 is 0 Å². The number of amides is 1. The van der Waals surface area contributed by atoms with Gasteiger partial charge in [-0.25, -0.2) is 9.78 Å². The van der Waals surface area contributed by atoms with Crippen LogP contribution in [0.2, 0.25) is 0 Å². The lowest BCUT2D eigenvalue weighted by Gasteiger charge is -2.30. The number of likely N-dealkylation sites (tertiary alicyclic amines) is 1. The van der Waals surface area contributed by atoms with Crippen LogP contribution in [0.3, 0.4) is 0 Å². The summed E-state index contributed by atoms with van der Waals surface area (Å²) in [5.41, 5.74) is 3.76. The average molecular weight is 475 g/mol. The molecule has 1 saturated heterocycles. The number of methoxy groups -OCH3 is 1. The van der Waals surface area contributed by atoms with Crippen LogP contribution in [0.5, 0.6) is 0 Å². The zero-order valence-electron chi connectivity index (χ0n) is 19.5. The highest BCUT2D eigenvalue weighted by atomic mass is 16.5. The standard InChI is InChI=1S/C27H26N2O6/c1-33-26(31)17-10-12-29(13-11-17)23(30)16-35-27(32)24-20-6-2-3-7-22(20)28-25-18(8-9-21(24)25)15-19-5-4-14-34-19/h2-7,14-15,17H,8-13,16H2,1H3/b18-15+. The quantitative estimate of drug-likeness (QED) is 0.518. The first-order chi connectivity index (χ1) is 17.0. The summed E-state index contributed by atoms with van der Waals surface area (Å²) in [5.74, 6) is -0.510. The molecule has 0 atom stereocenters. The first-order valence-corrected chi connectivity index (χ1v) is 11.7. The average Bonchev–Trinajstić information content (AvgIpc) is 3.55. The number of rotatable bonds is 5. The lowest BCUT2D eigenvalue weighted by atomic mass is 9.97. The molecule has 1 aromatic carbocycles. The number of fused-ring (bicyclic) bond motifs is 2. The van der Waals surface area contributed by atoms with Crippen LogP contribution < -0.4 is 0 Å². The molecule has 3 aromatic rings. The second-order valence-corrected chi connectivity index (χ2v) is 8.77. The van der Waals surface area contributed by atoms with Gasteiger partial charge in [0, 0.05) is 18.5 Å². The number of pyridine rings is 1. The van der Waals surface area contributed by atoms with E-state index in [-0.39, 0.29) is 24.4 Å². The molecule has 2 aromatic heterocycles. The monoisotopic (exact) mass is 474 g/mol. The van der Waals surface area contributed by atoms with E-state index in [1.807, 2.05) is 42.5 Å². The van der Waals surface area contributed by atoms with Crippen molar-refractivity contribution < 1.29 is 28.3 Å². The second-order valence-electron chi connectivity index (χ2n) is 8.77. The maximum absolute atomic E-state index is 13.3. The largest absolute Gasteiger partial charge is 0.469 e. The van der Waals surface area contributed by atoms with Crippen molar-refractivity contribution in [2.75, 3.05) is 26.8 Å². The fraction of sp³-hybridized carbons (Fsp3) is 0.333. The third-order valence-corrected chi connectivity index (χ3v) is 6.71.